The smallest absolute Gasteiger partial charge is 0.243 e. The fourth-order valence-electron chi connectivity index (χ4n) is 2.63. The molecule has 0 saturated heterocycles. The van der Waals surface area contributed by atoms with Gasteiger partial charge in [0, 0.05) is 33.3 Å². The molecule has 0 bridgehead atoms. The van der Waals surface area contributed by atoms with Crippen molar-refractivity contribution in [1.29, 1.82) is 0 Å². The first-order valence-corrected chi connectivity index (χ1v) is 11.9. The van der Waals surface area contributed by atoms with Crippen molar-refractivity contribution in [2.75, 3.05) is 18.4 Å². The number of aromatic nitrogens is 1. The Bertz CT molecular complexity index is 1000. The van der Waals surface area contributed by atoms with Crippen LogP contribution in [0.25, 0.3) is 11.3 Å². The van der Waals surface area contributed by atoms with Crippen molar-refractivity contribution >= 4 is 71.8 Å². The predicted molar refractivity (Wildman–Crippen MR) is 130 cm³/mol. The van der Waals surface area contributed by atoms with Gasteiger partial charge in [-0.1, -0.05) is 26.0 Å². The summed E-state index contributed by atoms with van der Waals surface area (Å²) < 4.78 is 27.8. The molecule has 0 spiro atoms. The van der Waals surface area contributed by atoms with Gasteiger partial charge in [-0.25, -0.2) is 13.4 Å². The molecule has 0 atom stereocenters. The average molecular weight is 594 g/mol. The van der Waals surface area contributed by atoms with Gasteiger partial charge in [0.05, 0.1) is 10.6 Å². The molecule has 28 heavy (non-hydrogen) atoms. The molecule has 0 unspecified atom stereocenters. The van der Waals surface area contributed by atoms with E-state index in [0.717, 1.165) is 22.1 Å². The van der Waals surface area contributed by atoms with Crippen LogP contribution in [0.2, 0.25) is 0 Å². The Morgan fingerprint density at radius 1 is 1.04 bits per heavy atom. The highest BCUT2D eigenvalue weighted by atomic mass is 127. The third-order valence-electron chi connectivity index (χ3n) is 4.09. The van der Waals surface area contributed by atoms with E-state index in [0.29, 0.717) is 18.0 Å². The maximum absolute atomic E-state index is 12.6. The van der Waals surface area contributed by atoms with Gasteiger partial charge in [0.2, 0.25) is 10.0 Å². The lowest BCUT2D eigenvalue weighted by Gasteiger charge is -2.18. The van der Waals surface area contributed by atoms with Crippen LogP contribution in [0.1, 0.15) is 13.8 Å². The highest BCUT2D eigenvalue weighted by Crippen LogP contribution is 2.28. The van der Waals surface area contributed by atoms with E-state index in [1.54, 1.807) is 24.3 Å². The molecule has 1 N–H and O–H groups in total. The summed E-state index contributed by atoms with van der Waals surface area (Å²) in [4.78, 5) is 4.91. The molecule has 3 aromatic rings. The van der Waals surface area contributed by atoms with Gasteiger partial charge in [0.25, 0.3) is 0 Å². The lowest BCUT2D eigenvalue weighted by atomic mass is 10.2. The highest BCUT2D eigenvalue weighted by molar-refractivity contribution is 14.1. The van der Waals surface area contributed by atoms with Gasteiger partial charge in [-0.15, -0.1) is 28.3 Å². The number of anilines is 2. The molecule has 0 aliphatic heterocycles. The molecule has 5 nitrogen and oxygen atoms in total. The number of halogens is 2. The molecule has 0 amide bonds. The molecule has 0 aliphatic rings. The van der Waals surface area contributed by atoms with Gasteiger partial charge in [-0.05, 0) is 59.0 Å². The zero-order valence-corrected chi connectivity index (χ0v) is 20.9. The Hall–Kier alpha value is -1.01. The van der Waals surface area contributed by atoms with Crippen molar-refractivity contribution in [2.45, 2.75) is 18.7 Å². The van der Waals surface area contributed by atoms with Gasteiger partial charge in [0.15, 0.2) is 5.13 Å². The number of hydrogen-bond acceptors (Lipinski definition) is 5. The summed E-state index contributed by atoms with van der Waals surface area (Å²) in [6.07, 6.45) is 0. The third kappa shape index (κ3) is 5.32. The molecule has 0 fully saturated rings. The molecular weight excluding hydrogens is 573 g/mol. The van der Waals surface area contributed by atoms with Crippen LogP contribution in [0.4, 0.5) is 10.8 Å². The van der Waals surface area contributed by atoms with Crippen LogP contribution < -0.4 is 5.32 Å². The minimum atomic E-state index is -3.44. The van der Waals surface area contributed by atoms with E-state index < -0.39 is 10.0 Å². The summed E-state index contributed by atoms with van der Waals surface area (Å²) >= 11 is 3.78. The SMILES string of the molecule is Br.CCN(CC)S(=O)(=O)c1ccc(-c2csc(Nc3ccc(I)cc3)n2)cc1. The van der Waals surface area contributed by atoms with E-state index in [9.17, 15) is 8.42 Å². The van der Waals surface area contributed by atoms with Gasteiger partial charge in [0.1, 0.15) is 0 Å². The van der Waals surface area contributed by atoms with Crippen molar-refractivity contribution in [2.24, 2.45) is 0 Å². The lowest BCUT2D eigenvalue weighted by molar-refractivity contribution is 0.445. The van der Waals surface area contributed by atoms with Crippen molar-refractivity contribution in [1.82, 2.24) is 9.29 Å². The van der Waals surface area contributed by atoms with E-state index >= 15 is 0 Å². The molecular formula is C19H21BrIN3O2S2. The van der Waals surface area contributed by atoms with E-state index in [2.05, 4.69) is 32.9 Å². The second kappa shape index (κ2) is 10.1. The normalized spacial score (nSPS) is 11.3. The van der Waals surface area contributed by atoms with Crippen molar-refractivity contribution in [3.8, 4) is 11.3 Å². The predicted octanol–water partition coefficient (Wildman–Crippen LogP) is 5.77. The summed E-state index contributed by atoms with van der Waals surface area (Å²) in [5.74, 6) is 0. The summed E-state index contributed by atoms with van der Waals surface area (Å²) in [5, 5.41) is 6.05. The first kappa shape index (κ1) is 23.3. The van der Waals surface area contributed by atoms with Gasteiger partial charge < -0.3 is 5.32 Å². The van der Waals surface area contributed by atoms with Crippen LogP contribution in [0.15, 0.2) is 58.8 Å². The fourth-order valence-corrected chi connectivity index (χ4v) is 5.19. The summed E-state index contributed by atoms with van der Waals surface area (Å²) in [6, 6.07) is 15.0. The summed E-state index contributed by atoms with van der Waals surface area (Å²) in [5.41, 5.74) is 2.69. The Morgan fingerprint density at radius 2 is 1.64 bits per heavy atom. The van der Waals surface area contributed by atoms with Crippen LogP contribution in [-0.4, -0.2) is 30.8 Å². The van der Waals surface area contributed by atoms with Crippen LogP contribution >= 0.6 is 50.9 Å². The van der Waals surface area contributed by atoms with Crippen molar-refractivity contribution in [3.63, 3.8) is 0 Å². The maximum Gasteiger partial charge on any atom is 0.243 e. The topological polar surface area (TPSA) is 62.3 Å². The number of nitrogens with zero attached hydrogens (tertiary/aromatic N) is 2. The Labute approximate surface area is 194 Å². The van der Waals surface area contributed by atoms with Crippen LogP contribution in [-0.2, 0) is 10.0 Å². The average Bonchev–Trinajstić information content (AvgIpc) is 3.13. The number of benzene rings is 2. The third-order valence-corrected chi connectivity index (χ3v) is 7.63. The van der Waals surface area contributed by atoms with E-state index in [1.807, 2.05) is 43.5 Å². The Kier molecular flexibility index (Phi) is 8.44. The molecule has 0 aliphatic carbocycles. The van der Waals surface area contributed by atoms with Crippen LogP contribution in [0.3, 0.4) is 0 Å². The molecule has 9 heteroatoms. The first-order chi connectivity index (χ1) is 12.9. The van der Waals surface area contributed by atoms with Crippen LogP contribution in [0.5, 0.6) is 0 Å². The van der Waals surface area contributed by atoms with Crippen LogP contribution in [0, 0.1) is 3.57 Å². The van der Waals surface area contributed by atoms with Crippen molar-refractivity contribution < 1.29 is 8.42 Å². The first-order valence-electron chi connectivity index (χ1n) is 8.52. The zero-order valence-electron chi connectivity index (χ0n) is 15.4. The molecule has 3 rings (SSSR count). The molecule has 1 heterocycles. The van der Waals surface area contributed by atoms with Crippen molar-refractivity contribution in [3.05, 3.63) is 57.5 Å². The van der Waals surface area contributed by atoms with E-state index in [-0.39, 0.29) is 17.0 Å². The molecule has 2 aromatic carbocycles. The number of sulfonamides is 1. The van der Waals surface area contributed by atoms with Gasteiger partial charge in [-0.2, -0.15) is 4.31 Å². The second-order valence-electron chi connectivity index (χ2n) is 5.78. The molecule has 1 aromatic heterocycles. The minimum Gasteiger partial charge on any atom is -0.332 e. The van der Waals surface area contributed by atoms with E-state index in [1.165, 1.54) is 19.2 Å². The molecule has 0 radical (unpaired) electrons. The number of hydrogen-bond donors (Lipinski definition) is 1. The quantitative estimate of drug-likeness (QED) is 0.354. The zero-order chi connectivity index (χ0) is 19.4. The number of thiazole rings is 1. The monoisotopic (exact) mass is 593 g/mol. The lowest BCUT2D eigenvalue weighted by Crippen LogP contribution is -2.30. The van der Waals surface area contributed by atoms with Gasteiger partial charge >= 0.3 is 0 Å². The second-order valence-corrected chi connectivity index (χ2v) is 9.83. The summed E-state index contributed by atoms with van der Waals surface area (Å²) in [6.45, 7) is 4.60. The van der Waals surface area contributed by atoms with Gasteiger partial charge in [-0.3, -0.25) is 0 Å². The molecule has 150 valence electrons. The molecule has 0 saturated carbocycles. The Balaban J connectivity index is 0.00000280. The standard InChI is InChI=1S/C19H20IN3O2S2.BrH/c1-3-23(4-2)27(24,25)17-11-5-14(6-12-17)18-13-26-19(22-18)21-16-9-7-15(20)8-10-16;/h5-13H,3-4H2,1-2H3,(H,21,22);1H. The highest BCUT2D eigenvalue weighted by Gasteiger charge is 2.21. The number of rotatable bonds is 7. The fraction of sp³-hybridized carbons (Fsp3) is 0.211. The largest absolute Gasteiger partial charge is 0.332 e. The Morgan fingerprint density at radius 3 is 2.21 bits per heavy atom. The maximum atomic E-state index is 12.6. The van der Waals surface area contributed by atoms with E-state index in [4.69, 9.17) is 0 Å². The number of nitrogens with one attached hydrogen (secondary N) is 1. The minimum absolute atomic E-state index is 0. The summed E-state index contributed by atoms with van der Waals surface area (Å²) in [7, 11) is -3.44.